The van der Waals surface area contributed by atoms with Gasteiger partial charge in [0.2, 0.25) is 5.91 Å². The second-order valence-electron chi connectivity index (χ2n) is 11.4. The number of methoxy groups -OCH3 is 1. The van der Waals surface area contributed by atoms with Crippen molar-refractivity contribution in [2.45, 2.75) is 84.5 Å². The summed E-state index contributed by atoms with van der Waals surface area (Å²) in [6, 6.07) is 3.91. The highest BCUT2D eigenvalue weighted by atomic mass is 32.1. The lowest BCUT2D eigenvalue weighted by molar-refractivity contribution is -0.130. The van der Waals surface area contributed by atoms with E-state index < -0.39 is 34.6 Å². The summed E-state index contributed by atoms with van der Waals surface area (Å²) in [4.78, 5) is 54.2. The van der Waals surface area contributed by atoms with Gasteiger partial charge in [-0.15, -0.1) is 5.12 Å². The minimum absolute atomic E-state index is 0.0133. The summed E-state index contributed by atoms with van der Waals surface area (Å²) in [6.07, 6.45) is 3.25. The molecule has 1 amide bonds. The topological polar surface area (TPSA) is 137 Å². The Hall–Kier alpha value is -4.17. The van der Waals surface area contributed by atoms with Crippen LogP contribution in [0.4, 0.5) is 9.39 Å². The number of nitrogens with one attached hydrogen (secondary N) is 1. The van der Waals surface area contributed by atoms with Gasteiger partial charge >= 0.3 is 5.69 Å². The highest BCUT2D eigenvalue weighted by Gasteiger charge is 2.38. The second kappa shape index (κ2) is 13.9. The lowest BCUT2D eigenvalue weighted by Gasteiger charge is -2.32. The first kappa shape index (κ1) is 33.7. The van der Waals surface area contributed by atoms with Crippen LogP contribution in [-0.2, 0) is 26.4 Å². The first-order valence-corrected chi connectivity index (χ1v) is 15.5. The van der Waals surface area contributed by atoms with Gasteiger partial charge in [-0.2, -0.15) is 10.2 Å². The molecule has 0 bridgehead atoms. The van der Waals surface area contributed by atoms with E-state index >= 15 is 0 Å². The number of hydrogen-bond donors (Lipinski definition) is 1. The van der Waals surface area contributed by atoms with Crippen LogP contribution in [0.2, 0.25) is 0 Å². The van der Waals surface area contributed by atoms with Crippen LogP contribution in [0.25, 0.3) is 10.2 Å². The van der Waals surface area contributed by atoms with Gasteiger partial charge in [0, 0.05) is 36.5 Å². The number of hydrogen-bond acceptors (Lipinski definition) is 10. The molecule has 0 saturated heterocycles. The summed E-state index contributed by atoms with van der Waals surface area (Å²) in [6.45, 7) is 11.2. The maximum absolute atomic E-state index is 14.6. The van der Waals surface area contributed by atoms with E-state index in [9.17, 15) is 23.6 Å². The Balaban J connectivity index is 2.00. The van der Waals surface area contributed by atoms with Crippen LogP contribution >= 0.6 is 11.3 Å². The fraction of sp³-hybridized carbons (Fsp3) is 0.484. The number of aromatic nitrogens is 2. The molecule has 4 rings (SSSR count). The van der Waals surface area contributed by atoms with Gasteiger partial charge in [0.15, 0.2) is 0 Å². The van der Waals surface area contributed by atoms with Crippen LogP contribution in [0.3, 0.4) is 0 Å². The molecule has 45 heavy (non-hydrogen) atoms. The Morgan fingerprint density at radius 2 is 2.02 bits per heavy atom. The molecule has 14 heteroatoms. The Kier molecular flexibility index (Phi) is 10.4. The van der Waals surface area contributed by atoms with Crippen molar-refractivity contribution in [3.8, 4) is 5.75 Å². The molecular formula is C31H39FN6O6S. The van der Waals surface area contributed by atoms with E-state index in [4.69, 9.17) is 9.47 Å². The Labute approximate surface area is 264 Å². The van der Waals surface area contributed by atoms with Gasteiger partial charge in [-0.1, -0.05) is 11.3 Å². The summed E-state index contributed by atoms with van der Waals surface area (Å²) < 4.78 is 28.5. The molecule has 0 radical (unpaired) electrons. The standard InChI is InChI=1S/C31H39FN6O6S/c1-8-34-38(33-6)27-19(3)25-26(40)37(31(4,5)29(41)35-21-10-9-11-21)30(42)36(28(25)45-27)17-24(44-15-14-18(2)39)22-16-20(32)12-13-23(22)43-7/h8,12-13,16,21,24H,6,9-11,14-15,17H2,1-5,7H3,(H,35,41)/b34-8-/t24-/m0/s1. The van der Waals surface area contributed by atoms with Crippen LogP contribution in [0.1, 0.15) is 70.6 Å². The molecule has 1 atom stereocenters. The molecule has 0 unspecified atom stereocenters. The van der Waals surface area contributed by atoms with Crippen LogP contribution in [0, 0.1) is 12.7 Å². The Bertz CT molecular complexity index is 1760. The molecule has 0 aliphatic heterocycles. The molecule has 0 spiro atoms. The number of hydrazone groups is 2. The van der Waals surface area contributed by atoms with E-state index in [0.717, 1.165) is 35.2 Å². The second-order valence-corrected chi connectivity index (χ2v) is 12.4. The van der Waals surface area contributed by atoms with Gasteiger partial charge in [-0.25, -0.2) is 13.8 Å². The minimum Gasteiger partial charge on any atom is -0.496 e. The Morgan fingerprint density at radius 3 is 2.60 bits per heavy atom. The third kappa shape index (κ3) is 6.76. The highest BCUT2D eigenvalue weighted by molar-refractivity contribution is 7.22. The number of nitrogens with zero attached hydrogens (tertiary/aromatic N) is 5. The van der Waals surface area contributed by atoms with Crippen molar-refractivity contribution in [2.75, 3.05) is 18.8 Å². The molecule has 1 N–H and O–H groups in total. The van der Waals surface area contributed by atoms with E-state index in [1.807, 2.05) is 0 Å². The van der Waals surface area contributed by atoms with Crippen LogP contribution in [-0.4, -0.2) is 53.5 Å². The van der Waals surface area contributed by atoms with E-state index in [1.165, 1.54) is 62.0 Å². The molecule has 3 aromatic rings. The lowest BCUT2D eigenvalue weighted by Crippen LogP contribution is -2.57. The molecule has 1 aliphatic rings. The highest BCUT2D eigenvalue weighted by Crippen LogP contribution is 2.38. The number of aryl methyl sites for hydroxylation is 1. The fourth-order valence-corrected chi connectivity index (χ4v) is 6.40. The number of anilines is 1. The number of halogens is 1. The van der Waals surface area contributed by atoms with Crippen LogP contribution < -0.4 is 26.4 Å². The van der Waals surface area contributed by atoms with Crippen LogP contribution in [0.15, 0.2) is 38.0 Å². The number of fused-ring (bicyclic) bond motifs is 1. The number of benzene rings is 1. The number of rotatable bonds is 14. The van der Waals surface area contributed by atoms with Gasteiger partial charge in [-0.3, -0.25) is 19.0 Å². The van der Waals surface area contributed by atoms with Crippen molar-refractivity contribution in [3.63, 3.8) is 0 Å². The van der Waals surface area contributed by atoms with Gasteiger partial charge in [0.1, 0.15) is 38.8 Å². The third-order valence-electron chi connectivity index (χ3n) is 7.94. The molecule has 1 aliphatic carbocycles. The monoisotopic (exact) mass is 642 g/mol. The van der Waals surface area contributed by atoms with Gasteiger partial charge in [0.25, 0.3) is 5.56 Å². The quantitative estimate of drug-likeness (QED) is 0.205. The maximum atomic E-state index is 14.6. The van der Waals surface area contributed by atoms with Crippen molar-refractivity contribution >= 4 is 51.2 Å². The van der Waals surface area contributed by atoms with E-state index in [-0.39, 0.29) is 41.6 Å². The minimum atomic E-state index is -1.58. The predicted octanol–water partition coefficient (Wildman–Crippen LogP) is 4.25. The average Bonchev–Trinajstić information content (AvgIpc) is 3.31. The van der Waals surface area contributed by atoms with E-state index in [1.54, 1.807) is 13.8 Å². The number of ketones is 1. The molecule has 1 fully saturated rings. The summed E-state index contributed by atoms with van der Waals surface area (Å²) in [5.41, 5.74) is -2.20. The normalized spacial score (nSPS) is 14.4. The smallest absolute Gasteiger partial charge is 0.333 e. The fourth-order valence-electron chi connectivity index (χ4n) is 5.17. The average molecular weight is 643 g/mol. The number of carbonyl (C=O) groups is 2. The zero-order valence-corrected chi connectivity index (χ0v) is 27.2. The number of amides is 1. The zero-order valence-electron chi connectivity index (χ0n) is 26.4. The number of thiophene rings is 1. The van der Waals surface area contributed by atoms with Crippen molar-refractivity contribution in [2.24, 2.45) is 10.2 Å². The Morgan fingerprint density at radius 1 is 1.31 bits per heavy atom. The van der Waals surface area contributed by atoms with Gasteiger partial charge in [0.05, 0.1) is 25.6 Å². The van der Waals surface area contributed by atoms with Gasteiger partial charge in [-0.05, 0) is 72.1 Å². The van der Waals surface area contributed by atoms with Crippen LogP contribution in [0.5, 0.6) is 5.75 Å². The maximum Gasteiger partial charge on any atom is 0.333 e. The molecule has 1 saturated carbocycles. The van der Waals surface area contributed by atoms with Crippen molar-refractivity contribution in [1.29, 1.82) is 0 Å². The van der Waals surface area contributed by atoms with Gasteiger partial charge < -0.3 is 14.8 Å². The predicted molar refractivity (Wildman–Crippen MR) is 173 cm³/mol. The van der Waals surface area contributed by atoms with E-state index in [0.29, 0.717) is 21.9 Å². The van der Waals surface area contributed by atoms with E-state index in [2.05, 4.69) is 22.2 Å². The largest absolute Gasteiger partial charge is 0.496 e. The van der Waals surface area contributed by atoms with Crippen molar-refractivity contribution in [3.05, 3.63) is 56.0 Å². The molecular weight excluding hydrogens is 603 g/mol. The number of ether oxygens (including phenoxy) is 2. The molecule has 242 valence electrons. The zero-order chi connectivity index (χ0) is 33.1. The molecule has 2 heterocycles. The summed E-state index contributed by atoms with van der Waals surface area (Å²) in [7, 11) is 1.43. The summed E-state index contributed by atoms with van der Waals surface area (Å²) in [5, 5.41) is 13.0. The van der Waals surface area contributed by atoms with Crippen molar-refractivity contribution in [1.82, 2.24) is 14.5 Å². The third-order valence-corrected chi connectivity index (χ3v) is 9.22. The first-order chi connectivity index (χ1) is 21.3. The molecule has 2 aromatic heterocycles. The summed E-state index contributed by atoms with van der Waals surface area (Å²) in [5.74, 6) is -0.818. The number of carbonyl (C=O) groups excluding carboxylic acids is 2. The number of Topliss-reactive ketones (excluding diaryl/α,β-unsaturated/α-hetero) is 1. The van der Waals surface area contributed by atoms with Crippen molar-refractivity contribution < 1.29 is 23.5 Å². The molecule has 1 aromatic carbocycles. The first-order valence-electron chi connectivity index (χ1n) is 14.7. The summed E-state index contributed by atoms with van der Waals surface area (Å²) >= 11 is 1.09. The lowest BCUT2D eigenvalue weighted by atomic mass is 9.91. The molecule has 12 nitrogen and oxygen atoms in total. The SMILES string of the molecule is C=NN(/N=C\C)c1sc2c(c1C)c(=O)n(C(C)(C)C(=O)NC1CCC1)c(=O)n2C[C@H](OCCC(C)=O)c1cc(F)ccc1OC.